The van der Waals surface area contributed by atoms with Crippen LogP contribution in [0.5, 0.6) is 5.75 Å². The zero-order valence-corrected chi connectivity index (χ0v) is 16.6. The third-order valence-corrected chi connectivity index (χ3v) is 4.86. The summed E-state index contributed by atoms with van der Waals surface area (Å²) < 4.78 is 7.09. The number of ether oxygens (including phenoxy) is 1. The van der Waals surface area contributed by atoms with Gasteiger partial charge in [-0.05, 0) is 29.8 Å². The van der Waals surface area contributed by atoms with E-state index in [1.54, 1.807) is 23.9 Å². The number of hydrogen-bond acceptors (Lipinski definition) is 7. The van der Waals surface area contributed by atoms with E-state index in [0.717, 1.165) is 16.8 Å². The maximum absolute atomic E-state index is 10.8. The molecule has 2 heterocycles. The van der Waals surface area contributed by atoms with Crippen LogP contribution < -0.4 is 4.74 Å². The van der Waals surface area contributed by atoms with Crippen molar-refractivity contribution in [2.75, 3.05) is 12.9 Å². The Morgan fingerprint density at radius 2 is 1.89 bits per heavy atom. The number of nitro groups is 1. The third-order valence-electron chi connectivity index (χ3n) is 3.93. The molecule has 4 rings (SSSR count). The smallest absolute Gasteiger partial charge is 0.269 e. The highest BCUT2D eigenvalue weighted by Gasteiger charge is 2.22. The van der Waals surface area contributed by atoms with Gasteiger partial charge in [-0.1, -0.05) is 23.9 Å². The number of rotatable bonds is 4. The Hall–Kier alpha value is -2.72. The molecule has 0 amide bonds. The number of nitrogens with zero attached hydrogens (tertiary/aromatic N) is 5. The minimum absolute atomic E-state index is 0. The number of para-hydroxylation sites is 1. The van der Waals surface area contributed by atoms with Crippen LogP contribution in [-0.2, 0) is 0 Å². The molecule has 1 aliphatic heterocycles. The number of nitro benzene ring substituents is 1. The molecule has 10 heteroatoms. The van der Waals surface area contributed by atoms with Crippen LogP contribution in [0.1, 0.15) is 5.56 Å². The zero-order valence-electron chi connectivity index (χ0n) is 14.1. The molecule has 2 aromatic carbocycles. The van der Waals surface area contributed by atoms with Crippen LogP contribution >= 0.6 is 28.7 Å². The number of aromatic nitrogens is 3. The van der Waals surface area contributed by atoms with Crippen LogP contribution in [0.4, 0.5) is 5.69 Å². The Balaban J connectivity index is 0.00000210. The van der Waals surface area contributed by atoms with Gasteiger partial charge in [0.2, 0.25) is 5.16 Å². The molecule has 0 unspecified atom stereocenters. The minimum Gasteiger partial charge on any atom is -0.496 e. The highest BCUT2D eigenvalue weighted by atomic mass is 79.9. The molecule has 0 fully saturated rings. The molecule has 0 N–H and O–H groups in total. The predicted molar refractivity (Wildman–Crippen MR) is 108 cm³/mol. The quantitative estimate of drug-likeness (QED) is 0.445. The van der Waals surface area contributed by atoms with E-state index in [2.05, 4.69) is 15.3 Å². The Morgan fingerprint density at radius 1 is 1.15 bits per heavy atom. The van der Waals surface area contributed by atoms with Gasteiger partial charge in [-0.2, -0.15) is 9.78 Å². The minimum atomic E-state index is -0.418. The summed E-state index contributed by atoms with van der Waals surface area (Å²) in [6, 6.07) is 13.9. The molecule has 0 aliphatic carbocycles. The molecule has 3 aromatic rings. The molecule has 138 valence electrons. The Bertz CT molecular complexity index is 1020. The van der Waals surface area contributed by atoms with E-state index in [9.17, 15) is 10.1 Å². The van der Waals surface area contributed by atoms with Gasteiger partial charge in [0.05, 0.1) is 23.3 Å². The monoisotopic (exact) mass is 447 g/mol. The summed E-state index contributed by atoms with van der Waals surface area (Å²) in [5.74, 6) is 1.89. The second-order valence-corrected chi connectivity index (χ2v) is 6.40. The van der Waals surface area contributed by atoms with Gasteiger partial charge in [-0.3, -0.25) is 10.1 Å². The van der Waals surface area contributed by atoms with Crippen LogP contribution in [0.25, 0.3) is 11.4 Å². The lowest BCUT2D eigenvalue weighted by Crippen LogP contribution is -2.13. The van der Waals surface area contributed by atoms with E-state index in [0.29, 0.717) is 22.5 Å². The van der Waals surface area contributed by atoms with Crippen molar-refractivity contribution in [2.24, 2.45) is 5.10 Å². The summed E-state index contributed by atoms with van der Waals surface area (Å²) >= 11 is 1.51. The fourth-order valence-electron chi connectivity index (χ4n) is 2.64. The molecule has 1 aliphatic rings. The average Bonchev–Trinajstić information content (AvgIpc) is 3.11. The second kappa shape index (κ2) is 7.89. The second-order valence-electron chi connectivity index (χ2n) is 5.46. The molecule has 1 aromatic heterocycles. The lowest BCUT2D eigenvalue weighted by molar-refractivity contribution is -0.384. The summed E-state index contributed by atoms with van der Waals surface area (Å²) in [6.45, 7) is 0. The Morgan fingerprint density at radius 3 is 2.59 bits per heavy atom. The van der Waals surface area contributed by atoms with E-state index >= 15 is 0 Å². The van der Waals surface area contributed by atoms with Gasteiger partial charge in [0.25, 0.3) is 5.69 Å². The Labute approximate surface area is 169 Å². The van der Waals surface area contributed by atoms with Crippen LogP contribution in [0.15, 0.2) is 58.8 Å². The number of halogens is 1. The molecule has 8 nitrogen and oxygen atoms in total. The normalized spacial score (nSPS) is 12.6. The van der Waals surface area contributed by atoms with E-state index in [1.807, 2.05) is 24.3 Å². The molecular weight excluding hydrogens is 434 g/mol. The molecule has 0 saturated heterocycles. The summed E-state index contributed by atoms with van der Waals surface area (Å²) in [5.41, 5.74) is 2.47. The molecule has 27 heavy (non-hydrogen) atoms. The first-order valence-electron chi connectivity index (χ1n) is 7.71. The van der Waals surface area contributed by atoms with Crippen molar-refractivity contribution in [3.05, 3.63) is 64.2 Å². The number of fused-ring (bicyclic) bond motifs is 1. The fourth-order valence-corrected chi connectivity index (χ4v) is 3.48. The molecule has 0 radical (unpaired) electrons. The van der Waals surface area contributed by atoms with Crippen molar-refractivity contribution in [3.8, 4) is 17.1 Å². The van der Waals surface area contributed by atoms with Crippen molar-refractivity contribution < 1.29 is 9.66 Å². The number of hydrogen-bond donors (Lipinski definition) is 0. The summed E-state index contributed by atoms with van der Waals surface area (Å²) in [5, 5.41) is 24.6. The first-order chi connectivity index (χ1) is 12.7. The van der Waals surface area contributed by atoms with Gasteiger partial charge in [0.1, 0.15) is 5.75 Å². The first-order valence-corrected chi connectivity index (χ1v) is 8.70. The third kappa shape index (κ3) is 3.58. The number of benzene rings is 2. The van der Waals surface area contributed by atoms with Gasteiger partial charge in [0, 0.05) is 17.9 Å². The van der Waals surface area contributed by atoms with Crippen LogP contribution in [-0.4, -0.2) is 38.4 Å². The molecule has 0 saturated carbocycles. The van der Waals surface area contributed by atoms with Crippen molar-refractivity contribution in [1.29, 1.82) is 0 Å². The molecular formula is C17H14BrN5O3S. The first kappa shape index (κ1) is 19.1. The van der Waals surface area contributed by atoms with Crippen LogP contribution in [0.3, 0.4) is 0 Å². The predicted octanol–water partition coefficient (Wildman–Crippen LogP) is 3.80. The summed E-state index contributed by atoms with van der Waals surface area (Å²) in [4.78, 5) is 10.4. The van der Waals surface area contributed by atoms with Gasteiger partial charge in [-0.15, -0.1) is 27.2 Å². The van der Waals surface area contributed by atoms with E-state index in [-0.39, 0.29) is 22.7 Å². The van der Waals surface area contributed by atoms with E-state index < -0.39 is 4.92 Å². The maximum atomic E-state index is 10.8. The van der Waals surface area contributed by atoms with E-state index in [4.69, 9.17) is 4.74 Å². The van der Waals surface area contributed by atoms with Gasteiger partial charge < -0.3 is 4.74 Å². The largest absolute Gasteiger partial charge is 0.496 e. The number of non-ortho nitro benzene ring substituents is 1. The average molecular weight is 448 g/mol. The SMILES string of the molecule is Br.COc1ccccc1-c1nnc2n1N=C(c1ccc([N+](=O)[O-])cc1)CS2. The molecule has 0 atom stereocenters. The summed E-state index contributed by atoms with van der Waals surface area (Å²) in [6.07, 6.45) is 0. The standard InChI is InChI=1S/C17H13N5O3S.BrH/c1-25-15-5-3-2-4-13(15)16-18-19-17-21(16)20-14(10-26-17)11-6-8-12(9-7-11)22(23)24;/h2-9H,10H2,1H3;1H. The number of methoxy groups -OCH3 is 1. The Kier molecular flexibility index (Phi) is 5.57. The highest BCUT2D eigenvalue weighted by molar-refractivity contribution is 8.93. The van der Waals surface area contributed by atoms with Crippen LogP contribution in [0.2, 0.25) is 0 Å². The zero-order chi connectivity index (χ0) is 18.1. The van der Waals surface area contributed by atoms with Gasteiger partial charge in [-0.25, -0.2) is 0 Å². The van der Waals surface area contributed by atoms with Crippen molar-refractivity contribution in [3.63, 3.8) is 0 Å². The van der Waals surface area contributed by atoms with E-state index in [1.165, 1.54) is 23.9 Å². The van der Waals surface area contributed by atoms with Crippen LogP contribution in [0, 0.1) is 10.1 Å². The van der Waals surface area contributed by atoms with Gasteiger partial charge >= 0.3 is 0 Å². The fraction of sp³-hybridized carbons (Fsp3) is 0.118. The topological polar surface area (TPSA) is 95.4 Å². The summed E-state index contributed by atoms with van der Waals surface area (Å²) in [7, 11) is 1.60. The van der Waals surface area contributed by atoms with Gasteiger partial charge in [0.15, 0.2) is 5.82 Å². The highest BCUT2D eigenvalue weighted by Crippen LogP contribution is 2.33. The maximum Gasteiger partial charge on any atom is 0.269 e. The van der Waals surface area contributed by atoms with Crippen molar-refractivity contribution in [1.82, 2.24) is 14.9 Å². The molecule has 0 spiro atoms. The lowest BCUT2D eigenvalue weighted by Gasteiger charge is -2.14. The molecule has 0 bridgehead atoms. The van der Waals surface area contributed by atoms with Crippen molar-refractivity contribution in [2.45, 2.75) is 5.16 Å². The van der Waals surface area contributed by atoms with Crippen molar-refractivity contribution >= 4 is 40.1 Å². The number of thioether (sulfide) groups is 1. The lowest BCUT2D eigenvalue weighted by atomic mass is 10.1.